The maximum absolute atomic E-state index is 13.3. The third-order valence-corrected chi connectivity index (χ3v) is 3.53. The number of nitrogens with two attached hydrogens (primary N) is 1. The summed E-state index contributed by atoms with van der Waals surface area (Å²) in [5, 5.41) is 0.713. The minimum Gasteiger partial charge on any atom is -0.464 e. The van der Waals surface area contributed by atoms with Gasteiger partial charge in [-0.3, -0.25) is 0 Å². The summed E-state index contributed by atoms with van der Waals surface area (Å²) in [6.07, 6.45) is 0. The number of hydrogen-bond donors (Lipinski definition) is 1. The standard InChI is InChI=1S/C11H8BrFN2O2S/c1-17-11(16)8-9(14)18-10(15-8)5-2-6(12)4-7(13)3-5/h2-4H,14H2,1H3. The molecular weight excluding hydrogens is 323 g/mol. The third-order valence-electron chi connectivity index (χ3n) is 2.14. The van der Waals surface area contributed by atoms with Crippen molar-refractivity contribution in [2.75, 3.05) is 12.8 Å². The number of carbonyl (C=O) groups excluding carboxylic acids is 1. The predicted molar refractivity (Wildman–Crippen MR) is 71.0 cm³/mol. The number of halogens is 2. The normalized spacial score (nSPS) is 10.4. The van der Waals surface area contributed by atoms with Crippen molar-refractivity contribution in [1.82, 2.24) is 4.98 Å². The first-order valence-electron chi connectivity index (χ1n) is 4.82. The van der Waals surface area contributed by atoms with Crippen LogP contribution in [0.3, 0.4) is 0 Å². The average Bonchev–Trinajstić information content (AvgIpc) is 2.69. The van der Waals surface area contributed by atoms with Crippen LogP contribution >= 0.6 is 27.3 Å². The number of rotatable bonds is 2. The quantitative estimate of drug-likeness (QED) is 0.859. The smallest absolute Gasteiger partial charge is 0.359 e. The van der Waals surface area contributed by atoms with Crippen LogP contribution in [0.4, 0.5) is 9.39 Å². The molecule has 2 aromatic rings. The van der Waals surface area contributed by atoms with Gasteiger partial charge >= 0.3 is 5.97 Å². The monoisotopic (exact) mass is 330 g/mol. The van der Waals surface area contributed by atoms with Gasteiger partial charge in [0.2, 0.25) is 0 Å². The fourth-order valence-corrected chi connectivity index (χ4v) is 2.65. The van der Waals surface area contributed by atoms with Gasteiger partial charge in [-0.2, -0.15) is 0 Å². The molecule has 2 N–H and O–H groups in total. The summed E-state index contributed by atoms with van der Waals surface area (Å²) in [4.78, 5) is 15.4. The molecule has 0 amide bonds. The van der Waals surface area contributed by atoms with Crippen LogP contribution in [-0.2, 0) is 4.74 Å². The Morgan fingerprint density at radius 2 is 2.22 bits per heavy atom. The highest BCUT2D eigenvalue weighted by Crippen LogP contribution is 2.32. The average molecular weight is 331 g/mol. The Hall–Kier alpha value is -1.47. The Kier molecular flexibility index (Phi) is 3.63. The molecule has 0 unspecified atom stereocenters. The molecule has 18 heavy (non-hydrogen) atoms. The number of benzene rings is 1. The number of esters is 1. The minimum atomic E-state index is -0.606. The molecular formula is C11H8BrFN2O2S. The third kappa shape index (κ3) is 2.51. The summed E-state index contributed by atoms with van der Waals surface area (Å²) in [5.41, 5.74) is 6.28. The fourth-order valence-electron chi connectivity index (χ4n) is 1.38. The molecule has 0 saturated heterocycles. The lowest BCUT2D eigenvalue weighted by Crippen LogP contribution is -2.04. The molecule has 0 spiro atoms. The second-order valence-corrected chi connectivity index (χ2v) is 5.33. The summed E-state index contributed by atoms with van der Waals surface area (Å²) in [7, 11) is 1.25. The summed E-state index contributed by atoms with van der Waals surface area (Å²) in [5.74, 6) is -1.00. The van der Waals surface area contributed by atoms with Gasteiger partial charge in [0.25, 0.3) is 0 Å². The van der Waals surface area contributed by atoms with E-state index in [2.05, 4.69) is 25.7 Å². The lowest BCUT2D eigenvalue weighted by atomic mass is 10.2. The van der Waals surface area contributed by atoms with Crippen LogP contribution in [-0.4, -0.2) is 18.1 Å². The van der Waals surface area contributed by atoms with Crippen LogP contribution in [0.2, 0.25) is 0 Å². The van der Waals surface area contributed by atoms with E-state index in [1.165, 1.54) is 19.2 Å². The van der Waals surface area contributed by atoms with Crippen molar-refractivity contribution in [2.24, 2.45) is 0 Å². The number of aromatic nitrogens is 1. The van der Waals surface area contributed by atoms with E-state index in [-0.39, 0.29) is 10.7 Å². The van der Waals surface area contributed by atoms with Gasteiger partial charge < -0.3 is 10.5 Å². The Bertz CT molecular complexity index is 595. The zero-order chi connectivity index (χ0) is 13.3. The molecule has 0 aliphatic rings. The topological polar surface area (TPSA) is 65.2 Å². The first-order valence-corrected chi connectivity index (χ1v) is 6.43. The molecule has 1 heterocycles. The molecule has 0 atom stereocenters. The van der Waals surface area contributed by atoms with E-state index < -0.39 is 11.8 Å². The molecule has 0 bridgehead atoms. The lowest BCUT2D eigenvalue weighted by molar-refractivity contribution is 0.0596. The van der Waals surface area contributed by atoms with Gasteiger partial charge in [0.15, 0.2) is 5.69 Å². The van der Waals surface area contributed by atoms with E-state index in [0.717, 1.165) is 11.3 Å². The van der Waals surface area contributed by atoms with Gasteiger partial charge in [-0.1, -0.05) is 27.3 Å². The largest absolute Gasteiger partial charge is 0.464 e. The molecule has 0 fully saturated rings. The van der Waals surface area contributed by atoms with Crippen molar-refractivity contribution in [3.8, 4) is 10.6 Å². The predicted octanol–water partition coefficient (Wildman–Crippen LogP) is 3.08. The molecule has 4 nitrogen and oxygen atoms in total. The number of nitrogens with zero attached hydrogens (tertiary/aromatic N) is 1. The highest BCUT2D eigenvalue weighted by Gasteiger charge is 2.18. The van der Waals surface area contributed by atoms with Crippen LogP contribution in [0.5, 0.6) is 0 Å². The van der Waals surface area contributed by atoms with Crippen molar-refractivity contribution >= 4 is 38.2 Å². The first kappa shape index (κ1) is 13.0. The first-order chi connectivity index (χ1) is 8.51. The number of hydrogen-bond acceptors (Lipinski definition) is 5. The van der Waals surface area contributed by atoms with Gasteiger partial charge in [-0.15, -0.1) is 0 Å². The molecule has 2 rings (SSSR count). The van der Waals surface area contributed by atoms with E-state index in [0.29, 0.717) is 15.0 Å². The van der Waals surface area contributed by atoms with E-state index >= 15 is 0 Å². The van der Waals surface area contributed by atoms with Crippen molar-refractivity contribution < 1.29 is 13.9 Å². The van der Waals surface area contributed by atoms with Gasteiger partial charge in [-0.05, 0) is 18.2 Å². The van der Waals surface area contributed by atoms with E-state index in [1.807, 2.05) is 0 Å². The van der Waals surface area contributed by atoms with E-state index in [9.17, 15) is 9.18 Å². The molecule has 0 aliphatic heterocycles. The van der Waals surface area contributed by atoms with Gasteiger partial charge in [0.05, 0.1) is 7.11 Å². The summed E-state index contributed by atoms with van der Waals surface area (Å²) >= 11 is 4.30. The number of carbonyl (C=O) groups is 1. The Morgan fingerprint density at radius 3 is 2.83 bits per heavy atom. The Balaban J connectivity index is 2.48. The molecule has 0 radical (unpaired) electrons. The van der Waals surface area contributed by atoms with E-state index in [1.54, 1.807) is 6.07 Å². The second kappa shape index (κ2) is 5.03. The SMILES string of the molecule is COC(=O)c1nc(-c2cc(F)cc(Br)c2)sc1N. The van der Waals surface area contributed by atoms with Crippen molar-refractivity contribution in [2.45, 2.75) is 0 Å². The van der Waals surface area contributed by atoms with Crippen molar-refractivity contribution in [1.29, 1.82) is 0 Å². The van der Waals surface area contributed by atoms with Crippen LogP contribution in [0, 0.1) is 5.82 Å². The number of anilines is 1. The zero-order valence-corrected chi connectivity index (χ0v) is 11.6. The summed E-state index contributed by atoms with van der Waals surface area (Å²) in [6, 6.07) is 4.36. The van der Waals surface area contributed by atoms with Crippen molar-refractivity contribution in [3.05, 3.63) is 34.2 Å². The van der Waals surface area contributed by atoms with Crippen LogP contribution in [0.1, 0.15) is 10.5 Å². The van der Waals surface area contributed by atoms with Crippen LogP contribution in [0.15, 0.2) is 22.7 Å². The summed E-state index contributed by atoms with van der Waals surface area (Å²) in [6.45, 7) is 0. The second-order valence-electron chi connectivity index (χ2n) is 3.38. The van der Waals surface area contributed by atoms with Gasteiger partial charge in [-0.25, -0.2) is 14.2 Å². The van der Waals surface area contributed by atoms with Crippen LogP contribution in [0.25, 0.3) is 10.6 Å². The Labute approximate surface area is 115 Å². The van der Waals surface area contributed by atoms with Crippen LogP contribution < -0.4 is 5.73 Å². The fraction of sp³-hybridized carbons (Fsp3) is 0.0909. The molecule has 94 valence electrons. The molecule has 0 saturated carbocycles. The maximum Gasteiger partial charge on any atom is 0.359 e. The lowest BCUT2D eigenvalue weighted by Gasteiger charge is -1.98. The number of nitrogen functional groups attached to an aromatic ring is 1. The molecule has 7 heteroatoms. The van der Waals surface area contributed by atoms with Crippen molar-refractivity contribution in [3.63, 3.8) is 0 Å². The summed E-state index contributed by atoms with van der Waals surface area (Å²) < 4.78 is 18.4. The minimum absolute atomic E-state index is 0.0536. The van der Waals surface area contributed by atoms with E-state index in [4.69, 9.17) is 5.73 Å². The Morgan fingerprint density at radius 1 is 1.50 bits per heavy atom. The molecule has 0 aliphatic carbocycles. The van der Waals surface area contributed by atoms with Gasteiger partial charge in [0.1, 0.15) is 15.8 Å². The zero-order valence-electron chi connectivity index (χ0n) is 9.24. The number of ether oxygens (including phenoxy) is 1. The highest BCUT2D eigenvalue weighted by molar-refractivity contribution is 9.10. The number of thiazole rings is 1. The molecule has 1 aromatic heterocycles. The molecule has 1 aromatic carbocycles. The van der Waals surface area contributed by atoms with Gasteiger partial charge in [0, 0.05) is 10.0 Å². The maximum atomic E-state index is 13.3. The number of methoxy groups -OCH3 is 1. The highest BCUT2D eigenvalue weighted by atomic mass is 79.9.